The standard InChI is InChI=1S/C8H9NO.C6H8N2O/c1-2-4-8-7(3-1)5-10-6-9-8;7-6-5(4-9)2-1-3-8-6/h1-4,9H,5-6H2;1-3,9H,4H2,(H2,7,8). The lowest BCUT2D eigenvalue weighted by Gasteiger charge is -2.17. The van der Waals surface area contributed by atoms with E-state index in [-0.39, 0.29) is 6.61 Å². The maximum absolute atomic E-state index is 8.60. The van der Waals surface area contributed by atoms with Gasteiger partial charge in [0.25, 0.3) is 0 Å². The molecule has 5 nitrogen and oxygen atoms in total. The summed E-state index contributed by atoms with van der Waals surface area (Å²) in [6.45, 7) is 1.33. The predicted octanol–water partition coefficient (Wildman–Crippen LogP) is 1.74. The summed E-state index contributed by atoms with van der Waals surface area (Å²) in [5, 5.41) is 11.7. The van der Waals surface area contributed by atoms with Crippen LogP contribution >= 0.6 is 0 Å². The number of aromatic nitrogens is 1. The second-order valence-electron chi connectivity index (χ2n) is 4.03. The lowest BCUT2D eigenvalue weighted by molar-refractivity contribution is 0.130. The average Bonchev–Trinajstić information content (AvgIpc) is 2.49. The Kier molecular flexibility index (Phi) is 4.72. The number of fused-ring (bicyclic) bond motifs is 1. The van der Waals surface area contributed by atoms with Gasteiger partial charge in [0.05, 0.1) is 13.2 Å². The molecular formula is C14H17N3O2. The van der Waals surface area contributed by atoms with E-state index in [1.165, 1.54) is 11.3 Å². The first kappa shape index (κ1) is 13.3. The van der Waals surface area contributed by atoms with Gasteiger partial charge in [-0.05, 0) is 12.1 Å². The second-order valence-corrected chi connectivity index (χ2v) is 4.03. The van der Waals surface area contributed by atoms with Gasteiger partial charge in [-0.2, -0.15) is 0 Å². The van der Waals surface area contributed by atoms with E-state index in [9.17, 15) is 0 Å². The summed E-state index contributed by atoms with van der Waals surface area (Å²) in [5.41, 5.74) is 8.48. The van der Waals surface area contributed by atoms with Crippen molar-refractivity contribution in [1.82, 2.24) is 4.98 Å². The van der Waals surface area contributed by atoms with Gasteiger partial charge < -0.3 is 20.9 Å². The fraction of sp³-hybridized carbons (Fsp3) is 0.214. The zero-order valence-electron chi connectivity index (χ0n) is 10.5. The number of aliphatic hydroxyl groups is 1. The maximum atomic E-state index is 8.60. The van der Waals surface area contributed by atoms with Crippen molar-refractivity contribution >= 4 is 11.5 Å². The number of para-hydroxylation sites is 1. The van der Waals surface area contributed by atoms with Crippen molar-refractivity contribution in [3.8, 4) is 0 Å². The van der Waals surface area contributed by atoms with Crippen molar-refractivity contribution in [1.29, 1.82) is 0 Å². The van der Waals surface area contributed by atoms with Crippen molar-refractivity contribution in [3.05, 3.63) is 53.7 Å². The van der Waals surface area contributed by atoms with E-state index in [0.29, 0.717) is 18.1 Å². The molecule has 0 saturated heterocycles. The topological polar surface area (TPSA) is 80.4 Å². The molecule has 2 heterocycles. The zero-order chi connectivity index (χ0) is 13.5. The third-order valence-electron chi connectivity index (χ3n) is 2.74. The molecule has 0 aliphatic carbocycles. The lowest BCUT2D eigenvalue weighted by atomic mass is 10.2. The van der Waals surface area contributed by atoms with Crippen LogP contribution in [0, 0.1) is 0 Å². The van der Waals surface area contributed by atoms with Crippen molar-refractivity contribution in [2.24, 2.45) is 0 Å². The molecule has 19 heavy (non-hydrogen) atoms. The Labute approximate surface area is 112 Å². The zero-order valence-corrected chi connectivity index (χ0v) is 10.5. The number of nitrogen functional groups attached to an aromatic ring is 1. The van der Waals surface area contributed by atoms with Crippen LogP contribution in [-0.4, -0.2) is 16.8 Å². The number of anilines is 2. The highest BCUT2D eigenvalue weighted by Crippen LogP contribution is 2.18. The number of nitrogens with zero attached hydrogens (tertiary/aromatic N) is 1. The molecule has 1 aliphatic rings. The van der Waals surface area contributed by atoms with Gasteiger partial charge in [-0.3, -0.25) is 0 Å². The molecule has 100 valence electrons. The maximum Gasteiger partial charge on any atom is 0.128 e. The van der Waals surface area contributed by atoms with E-state index >= 15 is 0 Å². The SMILES string of the molecule is Nc1ncccc1CO.c1ccc2c(c1)COCN2. The molecule has 0 bridgehead atoms. The summed E-state index contributed by atoms with van der Waals surface area (Å²) in [5.74, 6) is 0.403. The normalized spacial score (nSPS) is 12.7. The second kappa shape index (κ2) is 6.72. The minimum atomic E-state index is -0.0420. The Bertz CT molecular complexity index is 507. The summed E-state index contributed by atoms with van der Waals surface area (Å²) in [4.78, 5) is 3.77. The Hall–Kier alpha value is -2.11. The largest absolute Gasteiger partial charge is 0.392 e. The lowest BCUT2D eigenvalue weighted by Crippen LogP contribution is -2.13. The Morgan fingerprint density at radius 3 is 2.79 bits per heavy atom. The van der Waals surface area contributed by atoms with Crippen LogP contribution in [-0.2, 0) is 18.0 Å². The van der Waals surface area contributed by atoms with E-state index in [4.69, 9.17) is 15.6 Å². The van der Waals surface area contributed by atoms with Gasteiger partial charge in [0, 0.05) is 23.0 Å². The van der Waals surface area contributed by atoms with Crippen LogP contribution in [0.4, 0.5) is 11.5 Å². The first-order chi connectivity index (χ1) is 9.31. The smallest absolute Gasteiger partial charge is 0.128 e. The quantitative estimate of drug-likeness (QED) is 0.727. The minimum absolute atomic E-state index is 0.0420. The highest BCUT2D eigenvalue weighted by molar-refractivity contribution is 5.51. The number of pyridine rings is 1. The molecule has 0 fully saturated rings. The summed E-state index contributed by atoms with van der Waals surface area (Å²) in [6, 6.07) is 11.7. The van der Waals surface area contributed by atoms with Gasteiger partial charge in [-0.15, -0.1) is 0 Å². The van der Waals surface area contributed by atoms with Gasteiger partial charge in [0.1, 0.15) is 12.5 Å². The van der Waals surface area contributed by atoms with Crippen LogP contribution in [0.2, 0.25) is 0 Å². The summed E-state index contributed by atoms with van der Waals surface area (Å²) in [7, 11) is 0. The monoisotopic (exact) mass is 259 g/mol. The Morgan fingerprint density at radius 1 is 1.26 bits per heavy atom. The molecule has 0 saturated carbocycles. The van der Waals surface area contributed by atoms with Crippen LogP contribution in [0.1, 0.15) is 11.1 Å². The van der Waals surface area contributed by atoms with Crippen LogP contribution < -0.4 is 11.1 Å². The van der Waals surface area contributed by atoms with E-state index in [2.05, 4.69) is 22.4 Å². The average molecular weight is 259 g/mol. The number of rotatable bonds is 1. The number of nitrogens with two attached hydrogens (primary N) is 1. The van der Waals surface area contributed by atoms with Crippen LogP contribution in [0.15, 0.2) is 42.6 Å². The first-order valence-corrected chi connectivity index (χ1v) is 6.01. The molecule has 0 atom stereocenters. The number of ether oxygens (including phenoxy) is 1. The van der Waals surface area contributed by atoms with Crippen molar-refractivity contribution in [2.45, 2.75) is 13.2 Å². The Balaban J connectivity index is 0.000000141. The number of benzene rings is 1. The molecule has 3 rings (SSSR count). The highest BCUT2D eigenvalue weighted by atomic mass is 16.5. The molecular weight excluding hydrogens is 242 g/mol. The van der Waals surface area contributed by atoms with E-state index < -0.39 is 0 Å². The molecule has 0 amide bonds. The molecule has 2 aromatic rings. The Morgan fingerprint density at radius 2 is 2.11 bits per heavy atom. The summed E-state index contributed by atoms with van der Waals surface area (Å²) >= 11 is 0. The van der Waals surface area contributed by atoms with Gasteiger partial charge in [-0.25, -0.2) is 4.98 Å². The first-order valence-electron chi connectivity index (χ1n) is 6.01. The molecule has 0 radical (unpaired) electrons. The van der Waals surface area contributed by atoms with Gasteiger partial charge in [0.15, 0.2) is 0 Å². The number of hydrogen-bond acceptors (Lipinski definition) is 5. The van der Waals surface area contributed by atoms with Crippen LogP contribution in [0.3, 0.4) is 0 Å². The van der Waals surface area contributed by atoms with Gasteiger partial charge in [0.2, 0.25) is 0 Å². The molecule has 4 N–H and O–H groups in total. The fourth-order valence-corrected chi connectivity index (χ4v) is 1.69. The molecule has 1 aliphatic heterocycles. The van der Waals surface area contributed by atoms with Gasteiger partial charge >= 0.3 is 0 Å². The predicted molar refractivity (Wildman–Crippen MR) is 74.3 cm³/mol. The molecule has 0 spiro atoms. The van der Waals surface area contributed by atoms with E-state index in [1.54, 1.807) is 18.3 Å². The summed E-state index contributed by atoms with van der Waals surface area (Å²) < 4.78 is 5.18. The molecule has 1 aromatic carbocycles. The molecule has 5 heteroatoms. The minimum Gasteiger partial charge on any atom is -0.392 e. The van der Waals surface area contributed by atoms with Crippen molar-refractivity contribution in [3.63, 3.8) is 0 Å². The van der Waals surface area contributed by atoms with Crippen LogP contribution in [0.5, 0.6) is 0 Å². The van der Waals surface area contributed by atoms with Crippen molar-refractivity contribution in [2.75, 3.05) is 17.8 Å². The summed E-state index contributed by atoms with van der Waals surface area (Å²) in [6.07, 6.45) is 1.59. The number of hydrogen-bond donors (Lipinski definition) is 3. The highest BCUT2D eigenvalue weighted by Gasteiger charge is 2.04. The fourth-order valence-electron chi connectivity index (χ4n) is 1.69. The van der Waals surface area contributed by atoms with E-state index in [0.717, 1.165) is 6.61 Å². The van der Waals surface area contributed by atoms with Crippen molar-refractivity contribution < 1.29 is 9.84 Å². The number of aliphatic hydroxyl groups excluding tert-OH is 1. The van der Waals surface area contributed by atoms with E-state index in [1.807, 2.05) is 12.1 Å². The van der Waals surface area contributed by atoms with Crippen LogP contribution in [0.25, 0.3) is 0 Å². The molecule has 0 unspecified atom stereocenters. The van der Waals surface area contributed by atoms with Gasteiger partial charge in [-0.1, -0.05) is 24.3 Å². The third-order valence-corrected chi connectivity index (χ3v) is 2.74. The number of nitrogens with one attached hydrogen (secondary N) is 1. The third kappa shape index (κ3) is 3.67. The molecule has 1 aromatic heterocycles.